The molecule has 0 aromatic heterocycles. The summed E-state index contributed by atoms with van der Waals surface area (Å²) in [5.41, 5.74) is 9.49. The van der Waals surface area contributed by atoms with Gasteiger partial charge in [0, 0.05) is 37.9 Å². The molecule has 1 heterocycles. The van der Waals surface area contributed by atoms with Gasteiger partial charge in [-0.15, -0.1) is 0 Å². The predicted octanol–water partition coefficient (Wildman–Crippen LogP) is 2.33. The van der Waals surface area contributed by atoms with Crippen LogP contribution < -0.4 is 20.7 Å². The Morgan fingerprint density at radius 3 is 2.50 bits per heavy atom. The van der Waals surface area contributed by atoms with Gasteiger partial charge in [-0.2, -0.15) is 0 Å². The largest absolute Gasteiger partial charge is 0.497 e. The fraction of sp³-hybridized carbons (Fsp3) is 0.500. The molecule has 0 spiro atoms. The number of nitrogens with two attached hydrogens (primary N) is 1. The molecule has 0 saturated heterocycles. The summed E-state index contributed by atoms with van der Waals surface area (Å²) < 4.78 is 5.44. The zero-order chi connectivity index (χ0) is 21.1. The number of hydrogen-bond donors (Lipinski definition) is 4. The highest BCUT2D eigenvalue weighted by Gasteiger charge is 2.20. The van der Waals surface area contributed by atoms with Crippen LogP contribution in [0.25, 0.3) is 0 Å². The molecule has 5 N–H and O–H groups in total. The van der Waals surface area contributed by atoms with Crippen molar-refractivity contribution in [3.63, 3.8) is 0 Å². The van der Waals surface area contributed by atoms with Crippen LogP contribution >= 0.6 is 0 Å². The molecule has 156 valence electrons. The molecule has 8 heteroatoms. The minimum atomic E-state index is -1.26. The molecule has 0 bridgehead atoms. The van der Waals surface area contributed by atoms with E-state index in [0.717, 1.165) is 38.1 Å². The van der Waals surface area contributed by atoms with Gasteiger partial charge in [0.1, 0.15) is 5.75 Å². The molecular weight excluding hydrogens is 362 g/mol. The van der Waals surface area contributed by atoms with Crippen molar-refractivity contribution in [2.75, 3.05) is 37.5 Å². The first-order valence-electron chi connectivity index (χ1n) is 9.31. The van der Waals surface area contributed by atoms with Crippen LogP contribution in [-0.2, 0) is 16.0 Å². The molecule has 1 aromatic carbocycles. The van der Waals surface area contributed by atoms with E-state index in [1.165, 1.54) is 23.4 Å². The maximum Gasteiger partial charge on any atom is 0.328 e. The highest BCUT2D eigenvalue weighted by molar-refractivity contribution is 5.89. The van der Waals surface area contributed by atoms with Gasteiger partial charge in [0.15, 0.2) is 0 Å². The Hall–Kier alpha value is -2.74. The third kappa shape index (κ3) is 7.87. The molecule has 28 heavy (non-hydrogen) atoms. The maximum atomic E-state index is 9.55. The number of fused-ring (bicyclic) bond motifs is 1. The quantitative estimate of drug-likeness (QED) is 0.496. The monoisotopic (exact) mass is 393 g/mol. The van der Waals surface area contributed by atoms with Crippen LogP contribution in [0, 0.1) is 0 Å². The number of rotatable bonds is 8. The second kappa shape index (κ2) is 11.9. The highest BCUT2D eigenvalue weighted by Crippen LogP contribution is 2.37. The number of hydrogen-bond acceptors (Lipinski definition) is 6. The van der Waals surface area contributed by atoms with Crippen molar-refractivity contribution < 1.29 is 24.5 Å². The van der Waals surface area contributed by atoms with Crippen LogP contribution in [0.5, 0.6) is 5.75 Å². The average Bonchev–Trinajstić information content (AvgIpc) is 2.65. The van der Waals surface area contributed by atoms with E-state index in [1.54, 1.807) is 7.11 Å². The van der Waals surface area contributed by atoms with Gasteiger partial charge in [-0.1, -0.05) is 0 Å². The van der Waals surface area contributed by atoms with Crippen LogP contribution in [0.1, 0.15) is 31.7 Å². The Morgan fingerprint density at radius 1 is 1.32 bits per heavy atom. The number of anilines is 2. The van der Waals surface area contributed by atoms with E-state index >= 15 is 0 Å². The van der Waals surface area contributed by atoms with E-state index in [0.29, 0.717) is 18.2 Å². The molecule has 1 unspecified atom stereocenters. The van der Waals surface area contributed by atoms with E-state index in [2.05, 4.69) is 36.3 Å². The first-order valence-corrected chi connectivity index (χ1v) is 9.31. The van der Waals surface area contributed by atoms with Gasteiger partial charge in [0.05, 0.1) is 18.5 Å². The van der Waals surface area contributed by atoms with E-state index in [1.807, 2.05) is 0 Å². The van der Waals surface area contributed by atoms with Gasteiger partial charge >= 0.3 is 11.9 Å². The maximum absolute atomic E-state index is 9.55. The lowest BCUT2D eigenvalue weighted by Gasteiger charge is -2.31. The molecule has 0 saturated carbocycles. The summed E-state index contributed by atoms with van der Waals surface area (Å²) in [6.45, 7) is 4.08. The second-order valence-electron chi connectivity index (χ2n) is 6.69. The number of aliphatic carboxylic acids is 2. The van der Waals surface area contributed by atoms with Crippen LogP contribution in [0.15, 0.2) is 24.3 Å². The van der Waals surface area contributed by atoms with Crippen LogP contribution in [-0.4, -0.2) is 55.4 Å². The Labute approximate surface area is 166 Å². The van der Waals surface area contributed by atoms with Crippen molar-refractivity contribution in [1.29, 1.82) is 0 Å². The molecule has 0 aliphatic carbocycles. The smallest absolute Gasteiger partial charge is 0.328 e. The van der Waals surface area contributed by atoms with Gasteiger partial charge in [-0.25, -0.2) is 9.59 Å². The first-order chi connectivity index (χ1) is 13.3. The van der Waals surface area contributed by atoms with E-state index in [4.69, 9.17) is 20.7 Å². The third-order valence-electron chi connectivity index (χ3n) is 4.33. The third-order valence-corrected chi connectivity index (χ3v) is 4.33. The Morgan fingerprint density at radius 2 is 1.96 bits per heavy atom. The molecular formula is C20H31N3O5. The molecule has 2 rings (SSSR count). The van der Waals surface area contributed by atoms with Crippen LogP contribution in [0.4, 0.5) is 11.4 Å². The molecule has 1 aromatic rings. The Balaban J connectivity index is 0.000000416. The number of carboxylic acids is 2. The normalized spacial score (nSPS) is 13.9. The van der Waals surface area contributed by atoms with E-state index in [-0.39, 0.29) is 0 Å². The second-order valence-corrected chi connectivity index (χ2v) is 6.69. The van der Waals surface area contributed by atoms with Crippen molar-refractivity contribution in [3.8, 4) is 5.75 Å². The van der Waals surface area contributed by atoms with Crippen LogP contribution in [0.3, 0.4) is 0 Å². The summed E-state index contributed by atoms with van der Waals surface area (Å²) in [5, 5.41) is 19.3. The molecule has 1 aliphatic heterocycles. The van der Waals surface area contributed by atoms with Crippen molar-refractivity contribution in [2.45, 2.75) is 38.6 Å². The summed E-state index contributed by atoms with van der Waals surface area (Å²) in [7, 11) is 3.90. The number of nitrogens with one attached hydrogen (secondary N) is 1. The zero-order valence-corrected chi connectivity index (χ0v) is 16.8. The van der Waals surface area contributed by atoms with Gasteiger partial charge in [0.25, 0.3) is 0 Å². The first kappa shape index (κ1) is 23.3. The molecule has 8 nitrogen and oxygen atoms in total. The number of nitrogens with zero attached hydrogens (tertiary/aromatic N) is 1. The minimum Gasteiger partial charge on any atom is -0.497 e. The zero-order valence-electron chi connectivity index (χ0n) is 16.8. The SMILES string of the molecule is COc1cc2c(c(NC(C)CCCN)c1)N(C)CCC2.O=C(O)C=CC(=O)O. The minimum absolute atomic E-state index is 0.421. The highest BCUT2D eigenvalue weighted by atomic mass is 16.5. The van der Waals surface area contributed by atoms with Crippen molar-refractivity contribution in [1.82, 2.24) is 0 Å². The molecule has 1 aliphatic rings. The lowest BCUT2D eigenvalue weighted by atomic mass is 9.99. The number of carboxylic acid groups (broad SMARTS) is 2. The molecule has 0 amide bonds. The molecule has 0 fully saturated rings. The summed E-state index contributed by atoms with van der Waals surface area (Å²) in [6.07, 6.45) is 5.59. The van der Waals surface area contributed by atoms with Gasteiger partial charge in [0.2, 0.25) is 0 Å². The van der Waals surface area contributed by atoms with E-state index < -0.39 is 11.9 Å². The lowest BCUT2D eigenvalue weighted by Crippen LogP contribution is -2.27. The van der Waals surface area contributed by atoms with Gasteiger partial charge < -0.3 is 30.9 Å². The number of benzene rings is 1. The average molecular weight is 393 g/mol. The summed E-state index contributed by atoms with van der Waals surface area (Å²) in [5.74, 6) is -1.58. The number of ether oxygens (including phenoxy) is 1. The fourth-order valence-electron chi connectivity index (χ4n) is 3.06. The Kier molecular flexibility index (Phi) is 9.87. The topological polar surface area (TPSA) is 125 Å². The van der Waals surface area contributed by atoms with Crippen molar-refractivity contribution in [2.24, 2.45) is 5.73 Å². The molecule has 0 radical (unpaired) electrons. The van der Waals surface area contributed by atoms with Gasteiger partial charge in [-0.05, 0) is 50.8 Å². The summed E-state index contributed by atoms with van der Waals surface area (Å²) in [4.78, 5) is 21.5. The number of methoxy groups -OCH3 is 1. The lowest BCUT2D eigenvalue weighted by molar-refractivity contribution is -0.134. The summed E-state index contributed by atoms with van der Waals surface area (Å²) in [6, 6.07) is 4.70. The van der Waals surface area contributed by atoms with Crippen LogP contribution in [0.2, 0.25) is 0 Å². The van der Waals surface area contributed by atoms with E-state index in [9.17, 15) is 9.59 Å². The molecule has 1 atom stereocenters. The number of aryl methyl sites for hydroxylation is 1. The van der Waals surface area contributed by atoms with Crippen molar-refractivity contribution in [3.05, 3.63) is 29.8 Å². The Bertz CT molecular complexity index is 675. The standard InChI is InChI=1S/C16H27N3O.C4H4O4/c1-12(6-4-8-17)18-15-11-14(20-3)10-13-7-5-9-19(2)16(13)15;5-3(6)1-2-4(7)8/h10-12,18H,4-9,17H2,1-3H3;1-2H,(H,5,6)(H,7,8). The number of carbonyl (C=O) groups is 2. The van der Waals surface area contributed by atoms with Gasteiger partial charge in [-0.3, -0.25) is 0 Å². The van der Waals surface area contributed by atoms with Crippen molar-refractivity contribution >= 4 is 23.3 Å². The summed E-state index contributed by atoms with van der Waals surface area (Å²) >= 11 is 0. The fourth-order valence-corrected chi connectivity index (χ4v) is 3.06. The predicted molar refractivity (Wildman–Crippen MR) is 110 cm³/mol.